The van der Waals surface area contributed by atoms with Crippen molar-refractivity contribution in [2.75, 3.05) is 19.3 Å². The van der Waals surface area contributed by atoms with Crippen molar-refractivity contribution in [1.29, 1.82) is 0 Å². The van der Waals surface area contributed by atoms with Gasteiger partial charge in [-0.2, -0.15) is 11.8 Å². The van der Waals surface area contributed by atoms with Crippen molar-refractivity contribution in [2.45, 2.75) is 50.0 Å². The number of rotatable bonds is 6. The molecule has 0 radical (unpaired) electrons. The first kappa shape index (κ1) is 19.4. The maximum atomic E-state index is 10.4. The summed E-state index contributed by atoms with van der Waals surface area (Å²) in [7, 11) is 0. The summed E-state index contributed by atoms with van der Waals surface area (Å²) in [6, 6.07) is 7.82. The lowest BCUT2D eigenvalue weighted by Crippen LogP contribution is -2.45. The van der Waals surface area contributed by atoms with Gasteiger partial charge >= 0.3 is 0 Å². The van der Waals surface area contributed by atoms with Crippen molar-refractivity contribution in [3.05, 3.63) is 34.9 Å². The van der Waals surface area contributed by atoms with Crippen molar-refractivity contribution >= 4 is 29.3 Å². The number of aliphatic hydroxyl groups is 1. The summed E-state index contributed by atoms with van der Waals surface area (Å²) in [5.74, 6) is 0.773. The van der Waals surface area contributed by atoms with E-state index in [0.717, 1.165) is 23.3 Å². The second-order valence-corrected chi connectivity index (χ2v) is 7.67. The standard InChI is InChI=1S/C18H28ClN3OS/c1-3-20-18(22-13-7-6-8-14(11-13)24-2)21-12-17(23)15-9-4-5-10-16(15)19/h4-5,9-10,13-14,17,23H,3,6-8,11-12H2,1-2H3,(H2,20,21,22). The maximum absolute atomic E-state index is 10.4. The fourth-order valence-corrected chi connectivity index (χ4v) is 4.11. The molecule has 1 aliphatic rings. The van der Waals surface area contributed by atoms with Crippen molar-refractivity contribution in [2.24, 2.45) is 4.99 Å². The molecule has 0 heterocycles. The molecule has 3 N–H and O–H groups in total. The van der Waals surface area contributed by atoms with Gasteiger partial charge in [0.2, 0.25) is 0 Å². The van der Waals surface area contributed by atoms with E-state index in [-0.39, 0.29) is 6.54 Å². The van der Waals surface area contributed by atoms with Crippen LogP contribution in [0, 0.1) is 0 Å². The Labute approximate surface area is 154 Å². The molecule has 0 saturated heterocycles. The van der Waals surface area contributed by atoms with E-state index in [4.69, 9.17) is 11.6 Å². The predicted octanol–water partition coefficient (Wildman–Crippen LogP) is 3.60. The summed E-state index contributed by atoms with van der Waals surface area (Å²) in [6.45, 7) is 3.14. The Kier molecular flexibility index (Phi) is 8.22. The molecule has 4 nitrogen and oxygen atoms in total. The molecule has 2 rings (SSSR count). The lowest BCUT2D eigenvalue weighted by molar-refractivity contribution is 0.187. The number of hydrogen-bond donors (Lipinski definition) is 3. The minimum absolute atomic E-state index is 0.289. The molecule has 24 heavy (non-hydrogen) atoms. The Morgan fingerprint density at radius 1 is 1.42 bits per heavy atom. The van der Waals surface area contributed by atoms with Gasteiger partial charge in [0, 0.05) is 28.4 Å². The summed E-state index contributed by atoms with van der Waals surface area (Å²) >= 11 is 8.09. The maximum Gasteiger partial charge on any atom is 0.191 e. The first-order valence-electron chi connectivity index (χ1n) is 8.64. The molecule has 1 aromatic carbocycles. The molecule has 3 unspecified atom stereocenters. The third kappa shape index (κ3) is 5.87. The SMILES string of the molecule is CCNC(=NCC(O)c1ccccc1Cl)NC1CCCC(SC)C1. The molecule has 0 aliphatic heterocycles. The zero-order chi connectivity index (χ0) is 17.4. The third-order valence-corrected chi connectivity index (χ3v) is 5.77. The highest BCUT2D eigenvalue weighted by Gasteiger charge is 2.22. The molecule has 0 spiro atoms. The van der Waals surface area contributed by atoms with E-state index in [2.05, 4.69) is 21.9 Å². The van der Waals surface area contributed by atoms with Crippen LogP contribution in [-0.4, -0.2) is 41.7 Å². The third-order valence-electron chi connectivity index (χ3n) is 4.33. The number of aliphatic hydroxyl groups excluding tert-OH is 1. The Morgan fingerprint density at radius 2 is 2.21 bits per heavy atom. The van der Waals surface area contributed by atoms with Gasteiger partial charge in [-0.15, -0.1) is 0 Å². The van der Waals surface area contributed by atoms with Crippen LogP contribution in [0.3, 0.4) is 0 Å². The van der Waals surface area contributed by atoms with Crippen LogP contribution in [0.25, 0.3) is 0 Å². The molecular weight excluding hydrogens is 342 g/mol. The van der Waals surface area contributed by atoms with Crippen LogP contribution in [-0.2, 0) is 0 Å². The van der Waals surface area contributed by atoms with Crippen LogP contribution in [0.15, 0.2) is 29.3 Å². The summed E-state index contributed by atoms with van der Waals surface area (Å²) in [5, 5.41) is 18.5. The number of nitrogens with zero attached hydrogens (tertiary/aromatic N) is 1. The van der Waals surface area contributed by atoms with Crippen LogP contribution >= 0.6 is 23.4 Å². The van der Waals surface area contributed by atoms with Gasteiger partial charge in [-0.1, -0.05) is 36.2 Å². The Hall–Kier alpha value is -0.910. The molecular formula is C18H28ClN3OS. The van der Waals surface area contributed by atoms with Gasteiger partial charge in [-0.3, -0.25) is 4.99 Å². The normalized spacial score (nSPS) is 22.9. The van der Waals surface area contributed by atoms with Gasteiger partial charge in [-0.05, 0) is 38.5 Å². The minimum Gasteiger partial charge on any atom is -0.386 e. The average Bonchev–Trinajstić information content (AvgIpc) is 2.60. The Morgan fingerprint density at radius 3 is 2.92 bits per heavy atom. The molecule has 134 valence electrons. The van der Waals surface area contributed by atoms with E-state index in [9.17, 15) is 5.11 Å². The smallest absolute Gasteiger partial charge is 0.191 e. The monoisotopic (exact) mass is 369 g/mol. The molecule has 1 aliphatic carbocycles. The summed E-state index contributed by atoms with van der Waals surface area (Å²) in [6.07, 6.45) is 6.39. The highest BCUT2D eigenvalue weighted by atomic mass is 35.5. The fraction of sp³-hybridized carbons (Fsp3) is 0.611. The topological polar surface area (TPSA) is 56.7 Å². The Balaban J connectivity index is 1.96. The second-order valence-electron chi connectivity index (χ2n) is 6.12. The highest BCUT2D eigenvalue weighted by Crippen LogP contribution is 2.27. The van der Waals surface area contributed by atoms with Crippen LogP contribution in [0.1, 0.15) is 44.3 Å². The number of benzene rings is 1. The highest BCUT2D eigenvalue weighted by molar-refractivity contribution is 7.99. The lowest BCUT2D eigenvalue weighted by Gasteiger charge is -2.30. The summed E-state index contributed by atoms with van der Waals surface area (Å²) < 4.78 is 0. The van der Waals surface area contributed by atoms with Crippen LogP contribution < -0.4 is 10.6 Å². The number of hydrogen-bond acceptors (Lipinski definition) is 3. The van der Waals surface area contributed by atoms with E-state index in [1.54, 1.807) is 6.07 Å². The van der Waals surface area contributed by atoms with E-state index in [0.29, 0.717) is 11.1 Å². The van der Waals surface area contributed by atoms with Gasteiger partial charge in [0.05, 0.1) is 6.54 Å². The Bertz CT molecular complexity index is 541. The summed E-state index contributed by atoms with van der Waals surface area (Å²) in [4.78, 5) is 4.55. The number of thioether (sulfide) groups is 1. The number of guanidine groups is 1. The average molecular weight is 370 g/mol. The minimum atomic E-state index is -0.695. The molecule has 1 aromatic rings. The number of aliphatic imine (C=N–C) groups is 1. The quantitative estimate of drug-likeness (QED) is 0.529. The molecule has 1 saturated carbocycles. The van der Waals surface area contributed by atoms with Gasteiger partial charge in [0.25, 0.3) is 0 Å². The number of halogens is 1. The van der Waals surface area contributed by atoms with E-state index in [1.807, 2.05) is 36.9 Å². The second kappa shape index (κ2) is 10.2. The zero-order valence-corrected chi connectivity index (χ0v) is 16.0. The lowest BCUT2D eigenvalue weighted by atomic mass is 9.95. The van der Waals surface area contributed by atoms with Gasteiger partial charge in [0.1, 0.15) is 6.10 Å². The van der Waals surface area contributed by atoms with Crippen LogP contribution in [0.5, 0.6) is 0 Å². The predicted molar refractivity (Wildman–Crippen MR) is 105 cm³/mol. The van der Waals surface area contributed by atoms with E-state index < -0.39 is 6.10 Å². The van der Waals surface area contributed by atoms with Crippen LogP contribution in [0.4, 0.5) is 0 Å². The van der Waals surface area contributed by atoms with E-state index >= 15 is 0 Å². The number of nitrogens with one attached hydrogen (secondary N) is 2. The van der Waals surface area contributed by atoms with Crippen molar-refractivity contribution in [3.8, 4) is 0 Å². The first-order chi connectivity index (χ1) is 11.6. The van der Waals surface area contributed by atoms with Crippen molar-refractivity contribution in [1.82, 2.24) is 10.6 Å². The molecule has 0 aromatic heterocycles. The zero-order valence-electron chi connectivity index (χ0n) is 14.5. The van der Waals surface area contributed by atoms with Crippen molar-refractivity contribution < 1.29 is 5.11 Å². The van der Waals surface area contributed by atoms with Gasteiger partial charge in [-0.25, -0.2) is 0 Å². The summed E-state index contributed by atoms with van der Waals surface area (Å²) in [5.41, 5.74) is 0.721. The van der Waals surface area contributed by atoms with Gasteiger partial charge in [0.15, 0.2) is 5.96 Å². The first-order valence-corrected chi connectivity index (χ1v) is 10.3. The largest absolute Gasteiger partial charge is 0.386 e. The molecule has 3 atom stereocenters. The van der Waals surface area contributed by atoms with Crippen molar-refractivity contribution in [3.63, 3.8) is 0 Å². The fourth-order valence-electron chi connectivity index (χ4n) is 3.02. The molecule has 6 heteroatoms. The van der Waals surface area contributed by atoms with Crippen LogP contribution in [0.2, 0.25) is 5.02 Å². The van der Waals surface area contributed by atoms with Gasteiger partial charge < -0.3 is 15.7 Å². The van der Waals surface area contributed by atoms with E-state index in [1.165, 1.54) is 25.7 Å². The molecule has 1 fully saturated rings. The molecule has 0 amide bonds. The molecule has 0 bridgehead atoms.